The number of carbonyl (C=O) groups is 1. The van der Waals surface area contributed by atoms with E-state index < -0.39 is 0 Å². The van der Waals surface area contributed by atoms with Gasteiger partial charge >= 0.3 is 0 Å². The van der Waals surface area contributed by atoms with Crippen LogP contribution in [-0.2, 0) is 17.9 Å². The van der Waals surface area contributed by atoms with Gasteiger partial charge in [-0.2, -0.15) is 0 Å². The summed E-state index contributed by atoms with van der Waals surface area (Å²) in [5, 5.41) is 11.0. The van der Waals surface area contributed by atoms with E-state index in [9.17, 15) is 4.79 Å². The van der Waals surface area contributed by atoms with Crippen LogP contribution in [0, 0.1) is 5.92 Å². The van der Waals surface area contributed by atoms with Gasteiger partial charge in [-0.05, 0) is 42.0 Å². The number of imidazole rings is 1. The molecule has 0 spiro atoms. The largest absolute Gasteiger partial charge is 0.342 e. The summed E-state index contributed by atoms with van der Waals surface area (Å²) in [4.78, 5) is 19.2. The van der Waals surface area contributed by atoms with Crippen molar-refractivity contribution < 1.29 is 4.79 Å². The molecule has 0 bridgehead atoms. The third-order valence-corrected chi connectivity index (χ3v) is 5.51. The van der Waals surface area contributed by atoms with Gasteiger partial charge in [-0.3, -0.25) is 4.79 Å². The van der Waals surface area contributed by atoms with E-state index in [1.54, 1.807) is 11.0 Å². The van der Waals surface area contributed by atoms with Crippen LogP contribution in [0.3, 0.4) is 0 Å². The van der Waals surface area contributed by atoms with Crippen LogP contribution < -0.4 is 0 Å². The fraction of sp³-hybridized carbons (Fsp3) is 0.706. The first-order valence-electron chi connectivity index (χ1n) is 9.29. The van der Waals surface area contributed by atoms with Gasteiger partial charge < -0.3 is 9.47 Å². The molecule has 25 heavy (non-hydrogen) atoms. The van der Waals surface area contributed by atoms with E-state index in [0.29, 0.717) is 18.9 Å². The average Bonchev–Trinajstić information content (AvgIpc) is 3.27. The number of carbonyl (C=O) groups excluding carboxylic acids is 1. The molecule has 2 aromatic heterocycles. The van der Waals surface area contributed by atoms with Gasteiger partial charge in [-0.15, -0.1) is 5.10 Å². The molecule has 2 aromatic rings. The Morgan fingerprint density at radius 1 is 1.24 bits per heavy atom. The van der Waals surface area contributed by atoms with Crippen molar-refractivity contribution in [3.63, 3.8) is 0 Å². The Kier molecular flexibility index (Phi) is 4.76. The maximum Gasteiger partial charge on any atom is 0.224 e. The molecule has 0 aromatic carbocycles. The van der Waals surface area contributed by atoms with E-state index in [1.165, 1.54) is 19.3 Å². The van der Waals surface area contributed by atoms with Gasteiger partial charge in [0.15, 0.2) is 0 Å². The van der Waals surface area contributed by atoms with Gasteiger partial charge in [0, 0.05) is 44.4 Å². The van der Waals surface area contributed by atoms with E-state index in [-0.39, 0.29) is 5.91 Å². The fourth-order valence-corrected chi connectivity index (χ4v) is 3.85. The number of aryl methyl sites for hydroxylation is 1. The topological polar surface area (TPSA) is 81.7 Å². The number of likely N-dealkylation sites (tertiary alicyclic amines) is 1. The summed E-state index contributed by atoms with van der Waals surface area (Å²) in [5.41, 5.74) is 0. The predicted octanol–water partition coefficient (Wildman–Crippen LogP) is 1.47. The maximum atomic E-state index is 12.5. The zero-order chi connectivity index (χ0) is 17.1. The van der Waals surface area contributed by atoms with Crippen molar-refractivity contribution in [2.24, 2.45) is 5.92 Å². The van der Waals surface area contributed by atoms with Gasteiger partial charge in [0.1, 0.15) is 12.2 Å². The highest BCUT2D eigenvalue weighted by Crippen LogP contribution is 2.31. The van der Waals surface area contributed by atoms with Crippen molar-refractivity contribution >= 4 is 5.91 Å². The maximum absolute atomic E-state index is 12.5. The molecule has 1 amide bonds. The Balaban J connectivity index is 1.35. The van der Waals surface area contributed by atoms with Crippen LogP contribution >= 0.6 is 0 Å². The van der Waals surface area contributed by atoms with Gasteiger partial charge in [0.25, 0.3) is 0 Å². The van der Waals surface area contributed by atoms with Gasteiger partial charge in [0.2, 0.25) is 5.91 Å². The van der Waals surface area contributed by atoms with Crippen molar-refractivity contribution in [2.75, 3.05) is 13.1 Å². The molecule has 1 saturated heterocycles. The molecule has 8 heteroatoms. The second-order valence-electron chi connectivity index (χ2n) is 7.24. The Hall–Kier alpha value is -2.25. The van der Waals surface area contributed by atoms with Crippen molar-refractivity contribution in [1.29, 1.82) is 0 Å². The van der Waals surface area contributed by atoms with Crippen molar-refractivity contribution in [1.82, 2.24) is 34.7 Å². The summed E-state index contributed by atoms with van der Waals surface area (Å²) < 4.78 is 3.92. The summed E-state index contributed by atoms with van der Waals surface area (Å²) in [7, 11) is 0. The van der Waals surface area contributed by atoms with Gasteiger partial charge in [0.05, 0.1) is 6.54 Å². The third kappa shape index (κ3) is 3.72. The zero-order valence-corrected chi connectivity index (χ0v) is 14.5. The van der Waals surface area contributed by atoms with Crippen LogP contribution in [0.1, 0.15) is 50.3 Å². The van der Waals surface area contributed by atoms with Crippen LogP contribution in [0.4, 0.5) is 0 Å². The lowest BCUT2D eigenvalue weighted by atomic mass is 9.85. The van der Waals surface area contributed by atoms with Crippen LogP contribution in [0.15, 0.2) is 18.7 Å². The highest BCUT2D eigenvalue weighted by molar-refractivity contribution is 5.76. The number of nitrogens with zero attached hydrogens (tertiary/aromatic N) is 7. The standard InChI is InChI=1S/C17H25N7O/c25-16(6-9-24-13-19-20-21-24)22-8-2-5-15(12-22)17-18-7-10-23(17)11-14-3-1-4-14/h7,10,13-15H,1-6,8-9,11-12H2/t15-/m0/s1. The molecule has 1 aliphatic carbocycles. The van der Waals surface area contributed by atoms with E-state index in [4.69, 9.17) is 0 Å². The molecule has 1 aliphatic heterocycles. The number of rotatable bonds is 6. The predicted molar refractivity (Wildman–Crippen MR) is 90.6 cm³/mol. The molecular formula is C17H25N7O. The normalized spacial score (nSPS) is 21.3. The van der Waals surface area contributed by atoms with Crippen molar-refractivity contribution in [3.05, 3.63) is 24.5 Å². The number of piperidine rings is 1. The zero-order valence-electron chi connectivity index (χ0n) is 14.5. The minimum absolute atomic E-state index is 0.178. The average molecular weight is 343 g/mol. The third-order valence-electron chi connectivity index (χ3n) is 5.51. The first-order chi connectivity index (χ1) is 12.3. The summed E-state index contributed by atoms with van der Waals surface area (Å²) in [6, 6.07) is 0. The van der Waals surface area contributed by atoms with E-state index in [2.05, 4.69) is 31.3 Å². The lowest BCUT2D eigenvalue weighted by Crippen LogP contribution is -2.40. The number of hydrogen-bond donors (Lipinski definition) is 0. The van der Waals surface area contributed by atoms with Crippen molar-refractivity contribution in [2.45, 2.75) is 57.5 Å². The molecule has 0 unspecified atom stereocenters. The van der Waals surface area contributed by atoms with E-state index >= 15 is 0 Å². The lowest BCUT2D eigenvalue weighted by Gasteiger charge is -2.33. The number of hydrogen-bond acceptors (Lipinski definition) is 5. The van der Waals surface area contributed by atoms with E-state index in [0.717, 1.165) is 44.2 Å². The molecule has 3 heterocycles. The Morgan fingerprint density at radius 2 is 2.16 bits per heavy atom. The molecule has 0 radical (unpaired) electrons. The Bertz CT molecular complexity index is 692. The number of tetrazole rings is 1. The second-order valence-corrected chi connectivity index (χ2v) is 7.24. The molecule has 8 nitrogen and oxygen atoms in total. The highest BCUT2D eigenvalue weighted by Gasteiger charge is 2.28. The molecule has 2 fully saturated rings. The van der Waals surface area contributed by atoms with Crippen LogP contribution in [0.5, 0.6) is 0 Å². The van der Waals surface area contributed by atoms with E-state index in [1.807, 2.05) is 11.1 Å². The molecule has 2 aliphatic rings. The summed E-state index contributed by atoms with van der Waals surface area (Å²) in [6.07, 6.45) is 12.2. The first-order valence-corrected chi connectivity index (χ1v) is 9.29. The Morgan fingerprint density at radius 3 is 2.92 bits per heavy atom. The molecule has 134 valence electrons. The molecule has 0 N–H and O–H groups in total. The van der Waals surface area contributed by atoms with Crippen LogP contribution in [0.2, 0.25) is 0 Å². The van der Waals surface area contributed by atoms with Crippen LogP contribution in [0.25, 0.3) is 0 Å². The molecule has 1 atom stereocenters. The minimum atomic E-state index is 0.178. The lowest BCUT2D eigenvalue weighted by molar-refractivity contribution is -0.132. The smallest absolute Gasteiger partial charge is 0.224 e. The second kappa shape index (κ2) is 7.33. The number of amides is 1. The SMILES string of the molecule is O=C(CCn1cnnn1)N1CCC[C@H](c2nccn2CC2CCC2)C1. The van der Waals surface area contributed by atoms with Crippen molar-refractivity contribution in [3.8, 4) is 0 Å². The molecular weight excluding hydrogens is 318 g/mol. The minimum Gasteiger partial charge on any atom is -0.342 e. The first kappa shape index (κ1) is 16.2. The van der Waals surface area contributed by atoms with Crippen LogP contribution in [-0.4, -0.2) is 53.7 Å². The van der Waals surface area contributed by atoms with Gasteiger partial charge in [-0.1, -0.05) is 6.42 Å². The summed E-state index contributed by atoms with van der Waals surface area (Å²) in [5.74, 6) is 2.49. The monoisotopic (exact) mass is 343 g/mol. The number of aromatic nitrogens is 6. The summed E-state index contributed by atoms with van der Waals surface area (Å²) in [6.45, 7) is 3.23. The quantitative estimate of drug-likeness (QED) is 0.793. The Labute approximate surface area is 147 Å². The molecule has 1 saturated carbocycles. The van der Waals surface area contributed by atoms with Gasteiger partial charge in [-0.25, -0.2) is 9.67 Å². The highest BCUT2D eigenvalue weighted by atomic mass is 16.2. The molecule has 4 rings (SSSR count). The summed E-state index contributed by atoms with van der Waals surface area (Å²) >= 11 is 0. The fourth-order valence-electron chi connectivity index (χ4n) is 3.85.